The van der Waals surface area contributed by atoms with Crippen molar-refractivity contribution < 1.29 is 19.1 Å². The van der Waals surface area contributed by atoms with Gasteiger partial charge in [0, 0.05) is 12.2 Å². The Balaban J connectivity index is 1.37. The second-order valence-electron chi connectivity index (χ2n) is 7.73. The van der Waals surface area contributed by atoms with Crippen LogP contribution in [-0.4, -0.2) is 37.2 Å². The summed E-state index contributed by atoms with van der Waals surface area (Å²) in [7, 11) is 1.61. The summed E-state index contributed by atoms with van der Waals surface area (Å²) in [6.45, 7) is 0.848. The van der Waals surface area contributed by atoms with Crippen molar-refractivity contribution in [2.24, 2.45) is 11.8 Å². The molecule has 0 radical (unpaired) electrons. The second-order valence-corrected chi connectivity index (χ2v) is 7.73. The summed E-state index contributed by atoms with van der Waals surface area (Å²) in [5.41, 5.74) is 1.08. The Morgan fingerprint density at radius 1 is 1.21 bits per heavy atom. The molecule has 6 nitrogen and oxygen atoms in total. The lowest BCUT2D eigenvalue weighted by molar-refractivity contribution is -0.132. The summed E-state index contributed by atoms with van der Waals surface area (Å²) in [6.07, 6.45) is 3.54. The van der Waals surface area contributed by atoms with E-state index in [1.807, 2.05) is 66.7 Å². The first-order chi connectivity index (χ1) is 14.1. The van der Waals surface area contributed by atoms with Gasteiger partial charge in [-0.15, -0.1) is 0 Å². The van der Waals surface area contributed by atoms with Crippen molar-refractivity contribution in [3.05, 3.63) is 72.3 Å². The molecule has 3 aliphatic rings. The summed E-state index contributed by atoms with van der Waals surface area (Å²) in [6, 6.07) is 17.1. The number of nitrogens with zero attached hydrogens (tertiary/aromatic N) is 1. The Kier molecular flexibility index (Phi) is 4.17. The average molecular weight is 390 g/mol. The lowest BCUT2D eigenvalue weighted by Crippen LogP contribution is -2.43. The van der Waals surface area contributed by atoms with Crippen molar-refractivity contribution in [1.82, 2.24) is 5.32 Å². The van der Waals surface area contributed by atoms with Gasteiger partial charge >= 0.3 is 0 Å². The topological polar surface area (TPSA) is 67.9 Å². The van der Waals surface area contributed by atoms with E-state index >= 15 is 0 Å². The van der Waals surface area contributed by atoms with Gasteiger partial charge in [0.25, 0.3) is 0 Å². The normalized spacial score (nSPS) is 29.2. The number of hydrogen-bond donors (Lipinski definition) is 1. The van der Waals surface area contributed by atoms with Gasteiger partial charge in [-0.1, -0.05) is 42.5 Å². The minimum Gasteiger partial charge on any atom is -0.497 e. The van der Waals surface area contributed by atoms with E-state index in [2.05, 4.69) is 5.32 Å². The Bertz CT molecular complexity index is 972. The number of nitrogens with one attached hydrogen (secondary N) is 1. The Labute approximate surface area is 169 Å². The standard InChI is InChI=1S/C23H22N2O4/c1-28-17-9-7-16(8-10-17)25-14-23-12-11-18(29-23)19(20(23)22(25)27)21(26)24-13-15-5-3-2-4-6-15/h2-12,18-20H,13-14H2,1H3,(H,24,26)/t18-,19?,20?,23-/m1/s1. The first kappa shape index (κ1) is 17.9. The first-order valence-corrected chi connectivity index (χ1v) is 9.75. The monoisotopic (exact) mass is 390 g/mol. The van der Waals surface area contributed by atoms with Crippen LogP contribution in [0.3, 0.4) is 0 Å². The smallest absolute Gasteiger partial charge is 0.234 e. The molecule has 6 heteroatoms. The zero-order valence-electron chi connectivity index (χ0n) is 16.1. The van der Waals surface area contributed by atoms with E-state index in [4.69, 9.17) is 9.47 Å². The van der Waals surface area contributed by atoms with Crippen molar-refractivity contribution in [3.63, 3.8) is 0 Å². The molecule has 3 aliphatic heterocycles. The maximum atomic E-state index is 13.3. The summed E-state index contributed by atoms with van der Waals surface area (Å²) in [5.74, 6) is -0.495. The summed E-state index contributed by atoms with van der Waals surface area (Å²) < 4.78 is 11.4. The van der Waals surface area contributed by atoms with Gasteiger partial charge in [-0.25, -0.2) is 0 Å². The van der Waals surface area contributed by atoms with Crippen LogP contribution in [0.5, 0.6) is 5.75 Å². The zero-order valence-corrected chi connectivity index (χ0v) is 16.1. The molecular weight excluding hydrogens is 368 g/mol. The van der Waals surface area contributed by atoms with Crippen molar-refractivity contribution in [1.29, 1.82) is 0 Å². The largest absolute Gasteiger partial charge is 0.497 e. The molecular formula is C23H22N2O4. The van der Waals surface area contributed by atoms with Gasteiger partial charge in [-0.3, -0.25) is 9.59 Å². The van der Waals surface area contributed by atoms with Crippen LogP contribution in [0, 0.1) is 11.8 Å². The Morgan fingerprint density at radius 3 is 2.69 bits per heavy atom. The zero-order chi connectivity index (χ0) is 20.0. The highest BCUT2D eigenvalue weighted by molar-refractivity contribution is 6.03. The molecule has 0 aromatic heterocycles. The van der Waals surface area contributed by atoms with E-state index < -0.39 is 17.4 Å². The van der Waals surface area contributed by atoms with Crippen LogP contribution in [0.25, 0.3) is 0 Å². The molecule has 2 aromatic carbocycles. The summed E-state index contributed by atoms with van der Waals surface area (Å²) >= 11 is 0. The van der Waals surface area contributed by atoms with Crippen LogP contribution in [-0.2, 0) is 20.9 Å². The number of rotatable bonds is 5. The predicted molar refractivity (Wildman–Crippen MR) is 107 cm³/mol. The number of carbonyl (C=O) groups excluding carboxylic acids is 2. The minimum atomic E-state index is -0.726. The van der Waals surface area contributed by atoms with Crippen LogP contribution in [0.15, 0.2) is 66.7 Å². The highest BCUT2D eigenvalue weighted by Gasteiger charge is 2.67. The molecule has 2 bridgehead atoms. The molecule has 4 atom stereocenters. The van der Waals surface area contributed by atoms with Gasteiger partial charge in [-0.2, -0.15) is 0 Å². The van der Waals surface area contributed by atoms with Crippen molar-refractivity contribution in [3.8, 4) is 5.75 Å². The second kappa shape index (κ2) is 6.74. The third-order valence-corrected chi connectivity index (χ3v) is 6.10. The number of ether oxygens (including phenoxy) is 2. The number of amides is 2. The van der Waals surface area contributed by atoms with Crippen molar-refractivity contribution in [2.75, 3.05) is 18.6 Å². The van der Waals surface area contributed by atoms with Crippen LogP contribution < -0.4 is 15.0 Å². The number of anilines is 1. The molecule has 29 heavy (non-hydrogen) atoms. The number of benzene rings is 2. The molecule has 2 amide bonds. The lowest BCUT2D eigenvalue weighted by atomic mass is 9.77. The molecule has 2 unspecified atom stereocenters. The van der Waals surface area contributed by atoms with Crippen LogP contribution in [0.2, 0.25) is 0 Å². The van der Waals surface area contributed by atoms with Crippen LogP contribution in [0.4, 0.5) is 5.69 Å². The van der Waals surface area contributed by atoms with Crippen LogP contribution in [0.1, 0.15) is 5.56 Å². The van der Waals surface area contributed by atoms with Crippen molar-refractivity contribution in [2.45, 2.75) is 18.2 Å². The molecule has 2 fully saturated rings. The molecule has 0 saturated carbocycles. The average Bonchev–Trinajstić information content (AvgIpc) is 3.41. The maximum Gasteiger partial charge on any atom is 0.234 e. The SMILES string of the molecule is COc1ccc(N2C[C@@]34C=C[C@@H](O3)C(C(=O)NCc3ccccc3)C4C2=O)cc1. The van der Waals surface area contributed by atoms with Gasteiger partial charge in [0.15, 0.2) is 0 Å². The quantitative estimate of drug-likeness (QED) is 0.796. The molecule has 148 valence electrons. The molecule has 2 aromatic rings. The minimum absolute atomic E-state index is 0.0677. The third-order valence-electron chi connectivity index (χ3n) is 6.10. The fourth-order valence-corrected chi connectivity index (χ4v) is 4.68. The lowest BCUT2D eigenvalue weighted by Gasteiger charge is -2.23. The Morgan fingerprint density at radius 2 is 1.97 bits per heavy atom. The molecule has 3 heterocycles. The summed E-state index contributed by atoms with van der Waals surface area (Å²) in [5, 5.41) is 2.99. The van der Waals surface area contributed by atoms with Gasteiger partial charge in [0.05, 0.1) is 31.6 Å². The fraction of sp³-hybridized carbons (Fsp3) is 0.304. The maximum absolute atomic E-state index is 13.3. The van der Waals surface area contributed by atoms with Crippen molar-refractivity contribution >= 4 is 17.5 Å². The van der Waals surface area contributed by atoms with Gasteiger partial charge in [-0.05, 0) is 29.8 Å². The van der Waals surface area contributed by atoms with Gasteiger partial charge in [0.2, 0.25) is 11.8 Å². The number of methoxy groups -OCH3 is 1. The third kappa shape index (κ3) is 2.83. The number of fused-ring (bicyclic) bond motifs is 1. The van der Waals surface area contributed by atoms with Gasteiger partial charge < -0.3 is 19.7 Å². The highest BCUT2D eigenvalue weighted by Crippen LogP contribution is 2.52. The predicted octanol–water partition coefficient (Wildman–Crippen LogP) is 2.30. The van der Waals surface area contributed by atoms with E-state index in [0.717, 1.165) is 17.0 Å². The van der Waals surface area contributed by atoms with Gasteiger partial charge in [0.1, 0.15) is 11.4 Å². The molecule has 1 N–H and O–H groups in total. The van der Waals surface area contributed by atoms with E-state index in [1.165, 1.54) is 0 Å². The molecule has 0 aliphatic carbocycles. The van der Waals surface area contributed by atoms with E-state index in [9.17, 15) is 9.59 Å². The fourth-order valence-electron chi connectivity index (χ4n) is 4.68. The molecule has 2 saturated heterocycles. The number of carbonyl (C=O) groups is 2. The number of hydrogen-bond acceptors (Lipinski definition) is 4. The Hall–Kier alpha value is -3.12. The first-order valence-electron chi connectivity index (χ1n) is 9.75. The van der Waals surface area contributed by atoms with E-state index in [-0.39, 0.29) is 17.9 Å². The molecule has 5 rings (SSSR count). The van der Waals surface area contributed by atoms with Crippen LogP contribution >= 0.6 is 0 Å². The van der Waals surface area contributed by atoms with E-state index in [0.29, 0.717) is 13.1 Å². The summed E-state index contributed by atoms with van der Waals surface area (Å²) in [4.78, 5) is 28.0. The molecule has 1 spiro atoms. The van der Waals surface area contributed by atoms with E-state index in [1.54, 1.807) is 12.0 Å². The highest BCUT2D eigenvalue weighted by atomic mass is 16.5.